The van der Waals surface area contributed by atoms with Gasteiger partial charge in [-0.15, -0.1) is 11.3 Å². The van der Waals surface area contributed by atoms with Gasteiger partial charge >= 0.3 is 0 Å². The SMILES string of the molecule is Cc1sc(N=Cc2ccccc2Cl)c(C#N)c1C. The van der Waals surface area contributed by atoms with Crippen LogP contribution < -0.4 is 0 Å². The van der Waals surface area contributed by atoms with Crippen LogP contribution in [0.5, 0.6) is 0 Å². The number of nitriles is 1. The summed E-state index contributed by atoms with van der Waals surface area (Å²) in [6.07, 6.45) is 1.70. The first kappa shape index (κ1) is 12.8. The van der Waals surface area contributed by atoms with E-state index in [1.54, 1.807) is 6.21 Å². The number of benzene rings is 1. The molecule has 0 fully saturated rings. The van der Waals surface area contributed by atoms with E-state index in [0.29, 0.717) is 10.6 Å². The molecule has 0 saturated heterocycles. The van der Waals surface area contributed by atoms with Gasteiger partial charge in [-0.1, -0.05) is 29.8 Å². The first-order chi connectivity index (χ1) is 8.63. The third kappa shape index (κ3) is 2.45. The summed E-state index contributed by atoms with van der Waals surface area (Å²) < 4.78 is 0. The topological polar surface area (TPSA) is 36.1 Å². The average molecular weight is 275 g/mol. The highest BCUT2D eigenvalue weighted by molar-refractivity contribution is 7.16. The molecule has 0 aliphatic carbocycles. The summed E-state index contributed by atoms with van der Waals surface area (Å²) in [7, 11) is 0. The predicted molar refractivity (Wildman–Crippen MR) is 77.2 cm³/mol. The van der Waals surface area contributed by atoms with Crippen LogP contribution in [0, 0.1) is 25.2 Å². The van der Waals surface area contributed by atoms with Crippen molar-refractivity contribution >= 4 is 34.2 Å². The van der Waals surface area contributed by atoms with Crippen molar-refractivity contribution in [2.24, 2.45) is 4.99 Å². The minimum Gasteiger partial charge on any atom is -0.244 e. The van der Waals surface area contributed by atoms with Crippen LogP contribution in [0.15, 0.2) is 29.3 Å². The standard InChI is InChI=1S/C14H11ClN2S/c1-9-10(2)18-14(12(9)7-16)17-8-11-5-3-4-6-13(11)15/h3-6,8H,1-2H3. The number of aryl methyl sites for hydroxylation is 1. The number of rotatable bonds is 2. The highest BCUT2D eigenvalue weighted by Gasteiger charge is 2.10. The maximum absolute atomic E-state index is 9.12. The lowest BCUT2D eigenvalue weighted by atomic mass is 10.2. The number of nitrogens with zero attached hydrogens (tertiary/aromatic N) is 2. The van der Waals surface area contributed by atoms with Crippen molar-refractivity contribution in [2.45, 2.75) is 13.8 Å². The fourth-order valence-electron chi connectivity index (χ4n) is 1.54. The summed E-state index contributed by atoms with van der Waals surface area (Å²) in [4.78, 5) is 5.50. The lowest BCUT2D eigenvalue weighted by Gasteiger charge is -1.95. The molecule has 0 spiro atoms. The van der Waals surface area contributed by atoms with E-state index in [0.717, 1.165) is 21.0 Å². The molecule has 90 valence electrons. The molecule has 2 aromatic rings. The van der Waals surface area contributed by atoms with Gasteiger partial charge in [0, 0.05) is 21.7 Å². The van der Waals surface area contributed by atoms with Gasteiger partial charge in [0.25, 0.3) is 0 Å². The maximum Gasteiger partial charge on any atom is 0.134 e. The highest BCUT2D eigenvalue weighted by atomic mass is 35.5. The third-order valence-corrected chi connectivity index (χ3v) is 4.16. The second-order valence-electron chi connectivity index (χ2n) is 3.85. The smallest absolute Gasteiger partial charge is 0.134 e. The first-order valence-electron chi connectivity index (χ1n) is 5.42. The van der Waals surface area contributed by atoms with E-state index in [-0.39, 0.29) is 0 Å². The summed E-state index contributed by atoms with van der Waals surface area (Å²) >= 11 is 7.57. The Bertz CT molecular complexity index is 650. The van der Waals surface area contributed by atoms with Gasteiger partial charge in [-0.3, -0.25) is 0 Å². The Morgan fingerprint density at radius 3 is 2.72 bits per heavy atom. The van der Waals surface area contributed by atoms with Gasteiger partial charge < -0.3 is 0 Å². The summed E-state index contributed by atoms with van der Waals surface area (Å²) in [5.41, 5.74) is 2.52. The number of aliphatic imine (C=N–C) groups is 1. The molecule has 0 atom stereocenters. The van der Waals surface area contributed by atoms with Crippen molar-refractivity contribution in [2.75, 3.05) is 0 Å². The van der Waals surface area contributed by atoms with Gasteiger partial charge in [0.2, 0.25) is 0 Å². The van der Waals surface area contributed by atoms with E-state index in [1.807, 2.05) is 38.1 Å². The molecule has 0 aliphatic rings. The van der Waals surface area contributed by atoms with Crippen LogP contribution in [0.4, 0.5) is 5.00 Å². The normalized spacial score (nSPS) is 10.8. The Hall–Kier alpha value is -1.63. The fraction of sp³-hybridized carbons (Fsp3) is 0.143. The molecule has 0 aliphatic heterocycles. The van der Waals surface area contributed by atoms with Gasteiger partial charge in [-0.2, -0.15) is 5.26 Å². The van der Waals surface area contributed by atoms with Crippen molar-refractivity contribution in [3.63, 3.8) is 0 Å². The average Bonchev–Trinajstić information content (AvgIpc) is 2.64. The lowest BCUT2D eigenvalue weighted by molar-refractivity contribution is 1.38. The summed E-state index contributed by atoms with van der Waals surface area (Å²) in [5, 5.41) is 10.5. The zero-order chi connectivity index (χ0) is 13.1. The Labute approximate surface area is 115 Å². The van der Waals surface area contributed by atoms with E-state index in [2.05, 4.69) is 11.1 Å². The minimum atomic E-state index is 0.654. The first-order valence-corrected chi connectivity index (χ1v) is 6.61. The molecule has 0 N–H and O–H groups in total. The summed E-state index contributed by atoms with van der Waals surface area (Å²) in [6.45, 7) is 3.94. The van der Waals surface area contributed by atoms with Crippen LogP contribution in [-0.2, 0) is 0 Å². The molecule has 0 unspecified atom stereocenters. The van der Waals surface area contributed by atoms with Crippen molar-refractivity contribution < 1.29 is 0 Å². The number of hydrogen-bond donors (Lipinski definition) is 0. The number of halogens is 1. The third-order valence-electron chi connectivity index (χ3n) is 2.70. The fourth-order valence-corrected chi connectivity index (χ4v) is 2.68. The maximum atomic E-state index is 9.12. The molecule has 0 saturated carbocycles. The molecule has 1 heterocycles. The second-order valence-corrected chi connectivity index (χ2v) is 5.47. The van der Waals surface area contributed by atoms with Crippen molar-refractivity contribution in [3.8, 4) is 6.07 Å². The zero-order valence-corrected chi connectivity index (χ0v) is 11.6. The highest BCUT2D eigenvalue weighted by Crippen LogP contribution is 2.34. The largest absolute Gasteiger partial charge is 0.244 e. The molecular formula is C14H11ClN2S. The van der Waals surface area contributed by atoms with E-state index >= 15 is 0 Å². The molecule has 0 bridgehead atoms. The Balaban J connectivity index is 2.39. The molecule has 2 nitrogen and oxygen atoms in total. The predicted octanol–water partition coefficient (Wildman–Crippen LogP) is 4.64. The monoisotopic (exact) mass is 274 g/mol. The Morgan fingerprint density at radius 1 is 1.33 bits per heavy atom. The van der Waals surface area contributed by atoms with Crippen LogP contribution in [0.1, 0.15) is 21.6 Å². The molecule has 0 radical (unpaired) electrons. The second kappa shape index (κ2) is 5.34. The van der Waals surface area contributed by atoms with Gasteiger partial charge in [-0.05, 0) is 25.5 Å². The Kier molecular flexibility index (Phi) is 3.81. The number of hydrogen-bond acceptors (Lipinski definition) is 3. The van der Waals surface area contributed by atoms with Gasteiger partial charge in [-0.25, -0.2) is 4.99 Å². The van der Waals surface area contributed by atoms with Crippen LogP contribution in [0.25, 0.3) is 0 Å². The van der Waals surface area contributed by atoms with Crippen LogP contribution in [0.2, 0.25) is 5.02 Å². The lowest BCUT2D eigenvalue weighted by Crippen LogP contribution is -1.81. The summed E-state index contributed by atoms with van der Waals surface area (Å²) in [6, 6.07) is 9.69. The van der Waals surface area contributed by atoms with Gasteiger partial charge in [0.15, 0.2) is 0 Å². The van der Waals surface area contributed by atoms with Crippen molar-refractivity contribution in [3.05, 3.63) is 50.9 Å². The van der Waals surface area contributed by atoms with E-state index < -0.39 is 0 Å². The quantitative estimate of drug-likeness (QED) is 0.735. The van der Waals surface area contributed by atoms with Gasteiger partial charge in [0.05, 0.1) is 5.56 Å². The van der Waals surface area contributed by atoms with Crippen LogP contribution in [-0.4, -0.2) is 6.21 Å². The molecule has 18 heavy (non-hydrogen) atoms. The van der Waals surface area contributed by atoms with Crippen LogP contribution >= 0.6 is 22.9 Å². The minimum absolute atomic E-state index is 0.654. The molecule has 0 amide bonds. The molecule has 2 rings (SSSR count). The number of thiophene rings is 1. The van der Waals surface area contributed by atoms with Crippen molar-refractivity contribution in [1.82, 2.24) is 0 Å². The zero-order valence-electron chi connectivity index (χ0n) is 10.1. The molecule has 1 aromatic carbocycles. The molecular weight excluding hydrogens is 264 g/mol. The van der Waals surface area contributed by atoms with Crippen molar-refractivity contribution in [1.29, 1.82) is 5.26 Å². The van der Waals surface area contributed by atoms with E-state index in [4.69, 9.17) is 16.9 Å². The molecule has 4 heteroatoms. The molecule has 1 aromatic heterocycles. The van der Waals surface area contributed by atoms with Crippen LogP contribution in [0.3, 0.4) is 0 Å². The van der Waals surface area contributed by atoms with Gasteiger partial charge in [0.1, 0.15) is 11.1 Å². The summed E-state index contributed by atoms with van der Waals surface area (Å²) in [5.74, 6) is 0. The Morgan fingerprint density at radius 2 is 2.06 bits per heavy atom. The van der Waals surface area contributed by atoms with E-state index in [1.165, 1.54) is 11.3 Å². The van der Waals surface area contributed by atoms with E-state index in [9.17, 15) is 0 Å².